The SMILES string of the molecule is CCc1nn(CC(=O)O)cc1CCl. The van der Waals surface area contributed by atoms with Crippen molar-refractivity contribution in [3.8, 4) is 0 Å². The van der Waals surface area contributed by atoms with Crippen LogP contribution in [0.1, 0.15) is 18.2 Å². The van der Waals surface area contributed by atoms with Gasteiger partial charge < -0.3 is 5.11 Å². The van der Waals surface area contributed by atoms with Gasteiger partial charge in [-0.1, -0.05) is 6.92 Å². The van der Waals surface area contributed by atoms with Crippen molar-refractivity contribution in [1.29, 1.82) is 0 Å². The second-order valence-electron chi connectivity index (χ2n) is 2.68. The van der Waals surface area contributed by atoms with Crippen LogP contribution in [0.25, 0.3) is 0 Å². The van der Waals surface area contributed by atoms with Crippen LogP contribution in [-0.2, 0) is 23.6 Å². The van der Waals surface area contributed by atoms with Crippen molar-refractivity contribution in [1.82, 2.24) is 9.78 Å². The minimum Gasteiger partial charge on any atom is -0.480 e. The van der Waals surface area contributed by atoms with E-state index in [1.165, 1.54) is 4.68 Å². The Morgan fingerprint density at radius 2 is 2.46 bits per heavy atom. The number of carboxylic acids is 1. The molecule has 0 aliphatic carbocycles. The Morgan fingerprint density at radius 3 is 2.85 bits per heavy atom. The van der Waals surface area contributed by atoms with Crippen LogP contribution in [0, 0.1) is 0 Å². The molecule has 0 amide bonds. The third kappa shape index (κ3) is 2.45. The van der Waals surface area contributed by atoms with Gasteiger partial charge in [-0.05, 0) is 6.42 Å². The van der Waals surface area contributed by atoms with Crippen molar-refractivity contribution in [2.24, 2.45) is 0 Å². The molecule has 1 heterocycles. The van der Waals surface area contributed by atoms with Crippen molar-refractivity contribution in [2.75, 3.05) is 0 Å². The minimum atomic E-state index is -0.897. The molecule has 5 heteroatoms. The van der Waals surface area contributed by atoms with E-state index in [0.29, 0.717) is 5.88 Å². The predicted octanol–water partition coefficient (Wildman–Crippen LogP) is 1.27. The van der Waals surface area contributed by atoms with Gasteiger partial charge in [-0.25, -0.2) is 0 Å². The predicted molar refractivity (Wildman–Crippen MR) is 48.8 cm³/mol. The maximum Gasteiger partial charge on any atom is 0.325 e. The fraction of sp³-hybridized carbons (Fsp3) is 0.500. The number of aromatic nitrogens is 2. The molecule has 0 aliphatic heterocycles. The number of hydrogen-bond acceptors (Lipinski definition) is 2. The highest BCUT2D eigenvalue weighted by Gasteiger charge is 2.07. The summed E-state index contributed by atoms with van der Waals surface area (Å²) >= 11 is 5.66. The van der Waals surface area contributed by atoms with Crippen molar-refractivity contribution in [3.63, 3.8) is 0 Å². The molecule has 0 radical (unpaired) electrons. The fourth-order valence-electron chi connectivity index (χ4n) is 1.13. The molecule has 0 aliphatic rings. The van der Waals surface area contributed by atoms with Crippen LogP contribution in [0.3, 0.4) is 0 Å². The van der Waals surface area contributed by atoms with E-state index < -0.39 is 5.97 Å². The number of halogens is 1. The van der Waals surface area contributed by atoms with Crippen LogP contribution in [0.4, 0.5) is 0 Å². The molecule has 13 heavy (non-hydrogen) atoms. The summed E-state index contributed by atoms with van der Waals surface area (Å²) in [7, 11) is 0. The van der Waals surface area contributed by atoms with Gasteiger partial charge in [-0.15, -0.1) is 11.6 Å². The molecule has 0 aromatic carbocycles. The van der Waals surface area contributed by atoms with Crippen molar-refractivity contribution >= 4 is 17.6 Å². The zero-order valence-electron chi connectivity index (χ0n) is 7.33. The number of alkyl halides is 1. The lowest BCUT2D eigenvalue weighted by atomic mass is 10.2. The lowest BCUT2D eigenvalue weighted by Crippen LogP contribution is -2.09. The van der Waals surface area contributed by atoms with Crippen molar-refractivity contribution in [3.05, 3.63) is 17.5 Å². The van der Waals surface area contributed by atoms with Crippen LogP contribution < -0.4 is 0 Å². The Labute approximate surface area is 81.1 Å². The number of carboxylic acid groups (broad SMARTS) is 1. The molecule has 0 saturated heterocycles. The van der Waals surface area contributed by atoms with E-state index >= 15 is 0 Å². The Kier molecular flexibility index (Phi) is 3.31. The van der Waals surface area contributed by atoms with Gasteiger partial charge in [0.2, 0.25) is 0 Å². The molecular formula is C8H11ClN2O2. The van der Waals surface area contributed by atoms with Crippen LogP contribution in [0.2, 0.25) is 0 Å². The topological polar surface area (TPSA) is 55.1 Å². The van der Waals surface area contributed by atoms with Crippen LogP contribution >= 0.6 is 11.6 Å². The van der Waals surface area contributed by atoms with E-state index in [1.807, 2.05) is 6.92 Å². The van der Waals surface area contributed by atoms with Gasteiger partial charge in [0, 0.05) is 11.8 Å². The first-order chi connectivity index (χ1) is 6.17. The monoisotopic (exact) mass is 202 g/mol. The molecule has 0 spiro atoms. The third-order valence-corrected chi connectivity index (χ3v) is 1.99. The first-order valence-electron chi connectivity index (χ1n) is 4.00. The van der Waals surface area contributed by atoms with E-state index in [0.717, 1.165) is 17.7 Å². The van der Waals surface area contributed by atoms with Gasteiger partial charge in [0.05, 0.1) is 11.6 Å². The van der Waals surface area contributed by atoms with Gasteiger partial charge >= 0.3 is 5.97 Å². The van der Waals surface area contributed by atoms with Crippen LogP contribution in [0.5, 0.6) is 0 Å². The summed E-state index contributed by atoms with van der Waals surface area (Å²) in [5.74, 6) is -0.519. The average Bonchev–Trinajstić information content (AvgIpc) is 2.45. The number of aliphatic carboxylic acids is 1. The number of carbonyl (C=O) groups is 1. The molecular weight excluding hydrogens is 192 g/mol. The van der Waals surface area contributed by atoms with Crippen LogP contribution in [0.15, 0.2) is 6.20 Å². The molecule has 0 saturated carbocycles. The summed E-state index contributed by atoms with van der Waals surface area (Å²) in [5, 5.41) is 12.6. The van der Waals surface area contributed by atoms with Gasteiger partial charge in [-0.2, -0.15) is 5.10 Å². The summed E-state index contributed by atoms with van der Waals surface area (Å²) in [4.78, 5) is 10.4. The zero-order valence-corrected chi connectivity index (χ0v) is 8.08. The van der Waals surface area contributed by atoms with Gasteiger partial charge in [0.25, 0.3) is 0 Å². The van der Waals surface area contributed by atoms with Crippen molar-refractivity contribution < 1.29 is 9.90 Å². The zero-order chi connectivity index (χ0) is 9.84. The van der Waals surface area contributed by atoms with E-state index in [2.05, 4.69) is 5.10 Å². The largest absolute Gasteiger partial charge is 0.480 e. The van der Waals surface area contributed by atoms with E-state index in [4.69, 9.17) is 16.7 Å². The highest BCUT2D eigenvalue weighted by atomic mass is 35.5. The quantitative estimate of drug-likeness (QED) is 0.749. The Morgan fingerprint density at radius 1 is 1.77 bits per heavy atom. The lowest BCUT2D eigenvalue weighted by Gasteiger charge is -1.93. The molecule has 1 rings (SSSR count). The number of rotatable bonds is 4. The van der Waals surface area contributed by atoms with E-state index in [9.17, 15) is 4.79 Å². The van der Waals surface area contributed by atoms with Gasteiger partial charge in [0.15, 0.2) is 0 Å². The van der Waals surface area contributed by atoms with Crippen LogP contribution in [-0.4, -0.2) is 20.9 Å². The van der Waals surface area contributed by atoms with Gasteiger partial charge in [0.1, 0.15) is 6.54 Å². The summed E-state index contributed by atoms with van der Waals surface area (Å²) in [5.41, 5.74) is 1.78. The van der Waals surface area contributed by atoms with Gasteiger partial charge in [-0.3, -0.25) is 9.48 Å². The maximum atomic E-state index is 10.4. The molecule has 0 unspecified atom stereocenters. The van der Waals surface area contributed by atoms with Crippen molar-refractivity contribution in [2.45, 2.75) is 25.8 Å². The van der Waals surface area contributed by atoms with E-state index in [-0.39, 0.29) is 6.54 Å². The molecule has 4 nitrogen and oxygen atoms in total. The Hall–Kier alpha value is -1.03. The summed E-state index contributed by atoms with van der Waals surface area (Å²) in [6.07, 6.45) is 2.45. The molecule has 1 aromatic rings. The summed E-state index contributed by atoms with van der Waals surface area (Å²) in [6, 6.07) is 0. The average molecular weight is 203 g/mol. The number of nitrogens with zero attached hydrogens (tertiary/aromatic N) is 2. The molecule has 1 aromatic heterocycles. The molecule has 0 fully saturated rings. The Balaban J connectivity index is 2.86. The first kappa shape index (κ1) is 10.1. The maximum absolute atomic E-state index is 10.4. The number of hydrogen-bond donors (Lipinski definition) is 1. The first-order valence-corrected chi connectivity index (χ1v) is 4.53. The smallest absolute Gasteiger partial charge is 0.325 e. The summed E-state index contributed by atoms with van der Waals surface area (Å²) in [6.45, 7) is 1.85. The molecule has 0 atom stereocenters. The second kappa shape index (κ2) is 4.28. The Bertz CT molecular complexity index is 288. The fourth-order valence-corrected chi connectivity index (χ4v) is 1.35. The summed E-state index contributed by atoms with van der Waals surface area (Å²) < 4.78 is 1.40. The highest BCUT2D eigenvalue weighted by molar-refractivity contribution is 6.17. The highest BCUT2D eigenvalue weighted by Crippen LogP contribution is 2.10. The molecule has 72 valence electrons. The van der Waals surface area contributed by atoms with E-state index in [1.54, 1.807) is 6.20 Å². The third-order valence-electron chi connectivity index (χ3n) is 1.70. The molecule has 0 bridgehead atoms. The lowest BCUT2D eigenvalue weighted by molar-refractivity contribution is -0.137. The molecule has 1 N–H and O–H groups in total. The number of aryl methyl sites for hydroxylation is 1. The normalized spacial score (nSPS) is 10.3. The minimum absolute atomic E-state index is 0.107. The second-order valence-corrected chi connectivity index (χ2v) is 2.95. The standard InChI is InChI=1S/C8H11ClN2O2/c1-2-7-6(3-9)4-11(10-7)5-8(12)13/h4H,2-3,5H2,1H3,(H,12,13).